The first kappa shape index (κ1) is 19.1. The Morgan fingerprint density at radius 3 is 2.27 bits per heavy atom. The molecule has 0 unspecified atom stereocenters. The Kier molecular flexibility index (Phi) is 6.13. The summed E-state index contributed by atoms with van der Waals surface area (Å²) in [7, 11) is 0. The average molecular weight is 374 g/mol. The zero-order valence-corrected chi connectivity index (χ0v) is 15.8. The van der Waals surface area contributed by atoms with Gasteiger partial charge in [-0.15, -0.1) is 12.6 Å². The van der Waals surface area contributed by atoms with Crippen LogP contribution in [0.4, 0.5) is 8.78 Å². The molecule has 0 N–H and O–H groups in total. The van der Waals surface area contributed by atoms with Gasteiger partial charge in [-0.05, 0) is 66.3 Å². The van der Waals surface area contributed by atoms with Gasteiger partial charge < -0.3 is 0 Å². The van der Waals surface area contributed by atoms with Crippen molar-refractivity contribution in [3.63, 3.8) is 0 Å². The van der Waals surface area contributed by atoms with Gasteiger partial charge in [0.25, 0.3) is 6.43 Å². The van der Waals surface area contributed by atoms with Crippen molar-refractivity contribution in [3.8, 4) is 11.1 Å². The molecule has 1 nitrogen and oxygen atoms in total. The highest BCUT2D eigenvalue weighted by Gasteiger charge is 2.21. The van der Waals surface area contributed by atoms with Gasteiger partial charge in [-0.25, -0.2) is 8.78 Å². The molecule has 1 saturated carbocycles. The molecule has 0 aliphatic heterocycles. The van der Waals surface area contributed by atoms with E-state index in [1.807, 2.05) is 12.1 Å². The minimum absolute atomic E-state index is 0.0831. The minimum Gasteiger partial charge on any atom is -0.282 e. The second kappa shape index (κ2) is 8.34. The number of alkyl halides is 2. The molecule has 0 saturated heterocycles. The van der Waals surface area contributed by atoms with Gasteiger partial charge in [0.1, 0.15) is 0 Å². The van der Waals surface area contributed by atoms with E-state index in [-0.39, 0.29) is 5.56 Å². The van der Waals surface area contributed by atoms with Gasteiger partial charge in [0.05, 0.1) is 0 Å². The predicted molar refractivity (Wildman–Crippen MR) is 105 cm³/mol. The fourth-order valence-electron chi connectivity index (χ4n) is 3.96. The molecule has 0 radical (unpaired) electrons. The molecule has 0 aromatic heterocycles. The van der Waals surface area contributed by atoms with E-state index in [2.05, 4.69) is 31.7 Å². The van der Waals surface area contributed by atoms with Crippen LogP contribution in [0, 0.1) is 5.92 Å². The first-order valence-corrected chi connectivity index (χ1v) is 9.70. The van der Waals surface area contributed by atoms with Crippen molar-refractivity contribution in [2.45, 2.75) is 51.4 Å². The lowest BCUT2D eigenvalue weighted by atomic mass is 9.77. The number of carbonyl (C=O) groups excluding carboxylic acids is 1. The molecule has 0 bridgehead atoms. The molecular formula is C22H24F2OS. The number of thiol groups is 1. The number of halogens is 2. The molecule has 4 heteroatoms. The Morgan fingerprint density at radius 2 is 1.73 bits per heavy atom. The molecular weight excluding hydrogens is 350 g/mol. The van der Waals surface area contributed by atoms with E-state index in [0.29, 0.717) is 17.0 Å². The van der Waals surface area contributed by atoms with Crippen LogP contribution in [0.1, 0.15) is 72.9 Å². The maximum Gasteiger partial charge on any atom is 0.263 e. The second-order valence-corrected chi connectivity index (χ2v) is 7.56. The smallest absolute Gasteiger partial charge is 0.263 e. The van der Waals surface area contributed by atoms with E-state index >= 15 is 0 Å². The Balaban J connectivity index is 1.86. The fraction of sp³-hybridized carbons (Fsp3) is 0.409. The maximum atomic E-state index is 13.1. The van der Waals surface area contributed by atoms with E-state index < -0.39 is 11.5 Å². The van der Waals surface area contributed by atoms with E-state index in [4.69, 9.17) is 0 Å². The van der Waals surface area contributed by atoms with Crippen molar-refractivity contribution in [1.82, 2.24) is 0 Å². The number of rotatable bonds is 5. The topological polar surface area (TPSA) is 17.1 Å². The lowest BCUT2D eigenvalue weighted by Gasteiger charge is -2.28. The molecule has 0 spiro atoms. The van der Waals surface area contributed by atoms with Crippen molar-refractivity contribution < 1.29 is 13.6 Å². The third-order valence-electron chi connectivity index (χ3n) is 5.64. The lowest BCUT2D eigenvalue weighted by molar-refractivity contribution is 0.109. The van der Waals surface area contributed by atoms with Gasteiger partial charge >= 0.3 is 0 Å². The molecule has 1 aliphatic rings. The first-order valence-electron chi connectivity index (χ1n) is 9.25. The number of hydrogen-bond donors (Lipinski definition) is 1. The maximum absolute atomic E-state index is 13.1. The first-order chi connectivity index (χ1) is 12.5. The molecule has 3 rings (SSSR count). The molecule has 0 heterocycles. The summed E-state index contributed by atoms with van der Waals surface area (Å²) in [5.74, 6) is 1.43. The largest absolute Gasteiger partial charge is 0.282 e. The monoisotopic (exact) mass is 374 g/mol. The summed E-state index contributed by atoms with van der Waals surface area (Å²) >= 11 is 3.89. The van der Waals surface area contributed by atoms with Crippen LogP contribution in [0.5, 0.6) is 0 Å². The second-order valence-electron chi connectivity index (χ2n) is 7.16. The van der Waals surface area contributed by atoms with E-state index in [0.717, 1.165) is 11.5 Å². The summed E-state index contributed by atoms with van der Waals surface area (Å²) in [5, 5.41) is -0.414. The third-order valence-corrected chi connectivity index (χ3v) is 5.88. The fourth-order valence-corrected chi connectivity index (χ4v) is 4.16. The van der Waals surface area contributed by atoms with Crippen molar-refractivity contribution in [2.75, 3.05) is 0 Å². The summed E-state index contributed by atoms with van der Waals surface area (Å²) in [6.07, 6.45) is 3.66. The van der Waals surface area contributed by atoms with Gasteiger partial charge in [0, 0.05) is 11.1 Å². The van der Waals surface area contributed by atoms with Crippen molar-refractivity contribution in [1.29, 1.82) is 0 Å². The quantitative estimate of drug-likeness (QED) is 0.555. The zero-order chi connectivity index (χ0) is 18.7. The van der Waals surface area contributed by atoms with Gasteiger partial charge in [0.15, 0.2) is 0 Å². The van der Waals surface area contributed by atoms with Crippen LogP contribution in [0.25, 0.3) is 11.1 Å². The Morgan fingerprint density at radius 1 is 1.08 bits per heavy atom. The highest BCUT2D eigenvalue weighted by Crippen LogP contribution is 2.38. The average Bonchev–Trinajstić information content (AvgIpc) is 2.67. The SMILES string of the molecule is CCC1CCC(c2ccc(-c3cc(C(F)F)ccc3C(=O)S)cc2)CC1. The summed E-state index contributed by atoms with van der Waals surface area (Å²) in [6, 6.07) is 12.2. The van der Waals surface area contributed by atoms with Gasteiger partial charge in [-0.2, -0.15) is 0 Å². The summed E-state index contributed by atoms with van der Waals surface area (Å²) < 4.78 is 26.1. The molecule has 2 aromatic carbocycles. The number of benzene rings is 2. The van der Waals surface area contributed by atoms with Crippen LogP contribution in [-0.4, -0.2) is 5.12 Å². The predicted octanol–water partition coefficient (Wildman–Crippen LogP) is 7.05. The van der Waals surface area contributed by atoms with Crippen LogP contribution in [0.2, 0.25) is 0 Å². The number of carbonyl (C=O) groups is 1. The summed E-state index contributed by atoms with van der Waals surface area (Å²) in [4.78, 5) is 11.8. The minimum atomic E-state index is -2.56. The molecule has 26 heavy (non-hydrogen) atoms. The van der Waals surface area contributed by atoms with E-state index in [1.54, 1.807) is 0 Å². The highest BCUT2D eigenvalue weighted by atomic mass is 32.1. The highest BCUT2D eigenvalue weighted by molar-refractivity contribution is 7.97. The van der Waals surface area contributed by atoms with Crippen molar-refractivity contribution in [2.24, 2.45) is 5.92 Å². The Bertz CT molecular complexity index is 762. The normalized spacial score (nSPS) is 20.3. The molecule has 1 fully saturated rings. The summed E-state index contributed by atoms with van der Waals surface area (Å²) in [6.45, 7) is 2.26. The molecule has 1 aliphatic carbocycles. The van der Waals surface area contributed by atoms with E-state index in [1.165, 1.54) is 55.9 Å². The van der Waals surface area contributed by atoms with Crippen molar-refractivity contribution >= 4 is 17.7 Å². The zero-order valence-electron chi connectivity index (χ0n) is 14.9. The van der Waals surface area contributed by atoms with Crippen LogP contribution < -0.4 is 0 Å². The molecule has 138 valence electrons. The standard InChI is InChI=1S/C22H24F2OS/c1-2-14-3-5-15(6-4-14)16-7-9-17(10-8-16)20-13-18(21(23)24)11-12-19(20)22(25)26/h7-15,21H,2-6H2,1H3,(H,25,26). The number of hydrogen-bond acceptors (Lipinski definition) is 1. The van der Waals surface area contributed by atoms with Gasteiger partial charge in [0.2, 0.25) is 5.12 Å². The van der Waals surface area contributed by atoms with Crippen LogP contribution in [0.15, 0.2) is 42.5 Å². The van der Waals surface area contributed by atoms with Crippen LogP contribution in [0.3, 0.4) is 0 Å². The Labute approximate surface area is 159 Å². The lowest BCUT2D eigenvalue weighted by Crippen LogP contribution is -2.12. The van der Waals surface area contributed by atoms with Gasteiger partial charge in [-0.3, -0.25) is 4.79 Å². The summed E-state index contributed by atoms with van der Waals surface area (Å²) in [5.41, 5.74) is 2.86. The van der Waals surface area contributed by atoms with Crippen LogP contribution in [-0.2, 0) is 0 Å². The molecule has 0 atom stereocenters. The van der Waals surface area contributed by atoms with Crippen LogP contribution >= 0.6 is 12.6 Å². The molecule has 2 aromatic rings. The Hall–Kier alpha value is -1.68. The van der Waals surface area contributed by atoms with Crippen molar-refractivity contribution in [3.05, 3.63) is 59.2 Å². The third kappa shape index (κ3) is 4.17. The van der Waals surface area contributed by atoms with Gasteiger partial charge in [-0.1, -0.05) is 43.7 Å². The molecule has 0 amide bonds. The van der Waals surface area contributed by atoms with E-state index in [9.17, 15) is 13.6 Å².